The van der Waals surface area contributed by atoms with Crippen molar-refractivity contribution in [3.63, 3.8) is 0 Å². The number of nitrogens with zero attached hydrogens (tertiary/aromatic N) is 3. The van der Waals surface area contributed by atoms with E-state index in [0.29, 0.717) is 31.9 Å². The maximum absolute atomic E-state index is 12.8. The van der Waals surface area contributed by atoms with Crippen LogP contribution < -0.4 is 4.74 Å². The zero-order chi connectivity index (χ0) is 21.9. The van der Waals surface area contributed by atoms with Crippen LogP contribution in [-0.4, -0.2) is 59.9 Å². The number of carbonyl (C=O) groups excluding carboxylic acids is 2. The first kappa shape index (κ1) is 21.6. The van der Waals surface area contributed by atoms with E-state index in [1.807, 2.05) is 12.1 Å². The molecule has 9 heteroatoms. The number of piperazine rings is 1. The number of aromatic nitrogens is 1. The molecule has 1 aliphatic rings. The molecule has 0 N–H and O–H groups in total. The van der Waals surface area contributed by atoms with Gasteiger partial charge in [0.1, 0.15) is 11.4 Å². The Bertz CT molecular complexity index is 939. The number of halogens is 3. The van der Waals surface area contributed by atoms with Gasteiger partial charge in [-0.3, -0.25) is 9.59 Å². The summed E-state index contributed by atoms with van der Waals surface area (Å²) in [5.41, 5.74) is -0.0145. The summed E-state index contributed by atoms with van der Waals surface area (Å²) in [6.07, 6.45) is -4.33. The largest absolute Gasteiger partial charge is 0.497 e. The highest BCUT2D eigenvalue weighted by Gasteiger charge is 2.33. The van der Waals surface area contributed by atoms with Crippen LogP contribution in [0.25, 0.3) is 0 Å². The first-order valence-electron chi connectivity index (χ1n) is 9.44. The molecular weight excluding hydrogens is 399 g/mol. The second-order valence-corrected chi connectivity index (χ2v) is 7.03. The smallest absolute Gasteiger partial charge is 0.433 e. The first-order chi connectivity index (χ1) is 14.2. The number of ether oxygens (including phenoxy) is 1. The van der Waals surface area contributed by atoms with Crippen molar-refractivity contribution in [3.05, 3.63) is 58.9 Å². The predicted molar refractivity (Wildman–Crippen MR) is 103 cm³/mol. The average molecular weight is 421 g/mol. The summed E-state index contributed by atoms with van der Waals surface area (Å²) < 4.78 is 43.5. The SMILES string of the molecule is COc1cccc(CC(=O)N2CCN(C(=O)c3ccc(C(F)(F)F)nc3C)CC2)c1. The molecular formula is C21H22F3N3O3. The topological polar surface area (TPSA) is 62.7 Å². The fourth-order valence-corrected chi connectivity index (χ4v) is 3.34. The molecule has 0 spiro atoms. The second-order valence-electron chi connectivity index (χ2n) is 7.03. The molecule has 2 amide bonds. The highest BCUT2D eigenvalue weighted by atomic mass is 19.4. The zero-order valence-electron chi connectivity index (χ0n) is 16.7. The van der Waals surface area contributed by atoms with Gasteiger partial charge in [-0.15, -0.1) is 0 Å². The number of amides is 2. The molecule has 3 rings (SSSR count). The lowest BCUT2D eigenvalue weighted by Crippen LogP contribution is -2.51. The van der Waals surface area contributed by atoms with Gasteiger partial charge in [0.05, 0.1) is 24.8 Å². The summed E-state index contributed by atoms with van der Waals surface area (Å²) in [6.45, 7) is 2.73. The zero-order valence-corrected chi connectivity index (χ0v) is 16.7. The fraction of sp³-hybridized carbons (Fsp3) is 0.381. The first-order valence-corrected chi connectivity index (χ1v) is 9.44. The van der Waals surface area contributed by atoms with Gasteiger partial charge in [0.2, 0.25) is 5.91 Å². The Morgan fingerprint density at radius 2 is 1.73 bits per heavy atom. The molecule has 30 heavy (non-hydrogen) atoms. The van der Waals surface area contributed by atoms with Crippen LogP contribution >= 0.6 is 0 Å². The summed E-state index contributed by atoms with van der Waals surface area (Å²) in [5.74, 6) is 0.243. The van der Waals surface area contributed by atoms with Crippen molar-refractivity contribution in [1.29, 1.82) is 0 Å². The maximum Gasteiger partial charge on any atom is 0.433 e. The van der Waals surface area contributed by atoms with Crippen molar-refractivity contribution >= 4 is 11.8 Å². The van der Waals surface area contributed by atoms with Crippen LogP contribution in [0, 0.1) is 6.92 Å². The van der Waals surface area contributed by atoms with Crippen LogP contribution in [0.1, 0.15) is 27.3 Å². The van der Waals surface area contributed by atoms with Gasteiger partial charge in [-0.05, 0) is 36.8 Å². The van der Waals surface area contributed by atoms with E-state index in [4.69, 9.17) is 4.74 Å². The van der Waals surface area contributed by atoms with Gasteiger partial charge < -0.3 is 14.5 Å². The van der Waals surface area contributed by atoms with Crippen LogP contribution in [-0.2, 0) is 17.4 Å². The molecule has 1 fully saturated rings. The van der Waals surface area contributed by atoms with E-state index < -0.39 is 11.9 Å². The number of pyridine rings is 1. The number of alkyl halides is 3. The molecule has 0 saturated carbocycles. The van der Waals surface area contributed by atoms with Crippen LogP contribution in [0.4, 0.5) is 13.2 Å². The average Bonchev–Trinajstić information content (AvgIpc) is 2.72. The Hall–Kier alpha value is -3.10. The molecule has 1 aromatic carbocycles. The molecule has 0 aliphatic carbocycles. The van der Waals surface area contributed by atoms with E-state index >= 15 is 0 Å². The third kappa shape index (κ3) is 4.90. The predicted octanol–water partition coefficient (Wildman–Crippen LogP) is 2.94. The Labute approximate surface area is 172 Å². The minimum Gasteiger partial charge on any atom is -0.497 e. The lowest BCUT2D eigenvalue weighted by molar-refractivity contribution is -0.141. The molecule has 1 aliphatic heterocycles. The van der Waals surface area contributed by atoms with Crippen LogP contribution in [0.5, 0.6) is 5.75 Å². The lowest BCUT2D eigenvalue weighted by atomic mass is 10.1. The molecule has 0 unspecified atom stereocenters. The van der Waals surface area contributed by atoms with E-state index in [9.17, 15) is 22.8 Å². The van der Waals surface area contributed by atoms with E-state index in [0.717, 1.165) is 17.7 Å². The lowest BCUT2D eigenvalue weighted by Gasteiger charge is -2.35. The number of methoxy groups -OCH3 is 1. The van der Waals surface area contributed by atoms with Gasteiger partial charge in [0, 0.05) is 26.2 Å². The molecule has 160 valence electrons. The fourth-order valence-electron chi connectivity index (χ4n) is 3.34. The van der Waals surface area contributed by atoms with E-state index in [2.05, 4.69) is 4.98 Å². The molecule has 1 saturated heterocycles. The van der Waals surface area contributed by atoms with Gasteiger partial charge in [-0.2, -0.15) is 13.2 Å². The summed E-state index contributed by atoms with van der Waals surface area (Å²) in [4.78, 5) is 32.0. The number of aryl methyl sites for hydroxylation is 1. The molecule has 0 radical (unpaired) electrons. The molecule has 1 aromatic heterocycles. The van der Waals surface area contributed by atoms with Crippen LogP contribution in [0.2, 0.25) is 0 Å². The summed E-state index contributed by atoms with van der Waals surface area (Å²) >= 11 is 0. The van der Waals surface area contributed by atoms with Gasteiger partial charge in [-0.1, -0.05) is 12.1 Å². The number of hydrogen-bond donors (Lipinski definition) is 0. The van der Waals surface area contributed by atoms with Crippen LogP contribution in [0.15, 0.2) is 36.4 Å². The minimum absolute atomic E-state index is 0.0337. The minimum atomic E-state index is -4.55. The Balaban J connectivity index is 1.59. The third-order valence-corrected chi connectivity index (χ3v) is 5.02. The highest BCUT2D eigenvalue weighted by molar-refractivity contribution is 5.95. The molecule has 0 atom stereocenters. The highest BCUT2D eigenvalue weighted by Crippen LogP contribution is 2.28. The van der Waals surface area contributed by atoms with Crippen molar-refractivity contribution in [2.75, 3.05) is 33.3 Å². The van der Waals surface area contributed by atoms with Crippen molar-refractivity contribution in [2.24, 2.45) is 0 Å². The standard InChI is InChI=1S/C21H22F3N3O3/c1-14-17(6-7-18(25-14)21(22,23)24)20(29)27-10-8-26(9-11-27)19(28)13-15-4-3-5-16(12-15)30-2/h3-7,12H,8-11,13H2,1-2H3. The molecule has 2 aromatic rings. The number of hydrogen-bond acceptors (Lipinski definition) is 4. The quantitative estimate of drug-likeness (QED) is 0.762. The Morgan fingerprint density at radius 1 is 1.07 bits per heavy atom. The maximum atomic E-state index is 12.8. The molecule has 6 nitrogen and oxygen atoms in total. The van der Waals surface area contributed by atoms with Gasteiger partial charge >= 0.3 is 6.18 Å². The van der Waals surface area contributed by atoms with Gasteiger partial charge in [-0.25, -0.2) is 4.98 Å². The van der Waals surface area contributed by atoms with E-state index in [1.165, 1.54) is 11.8 Å². The number of benzene rings is 1. The third-order valence-electron chi connectivity index (χ3n) is 5.02. The number of rotatable bonds is 4. The Morgan fingerprint density at radius 3 is 2.33 bits per heavy atom. The van der Waals surface area contributed by atoms with Crippen LogP contribution in [0.3, 0.4) is 0 Å². The summed E-state index contributed by atoms with van der Waals surface area (Å²) in [5, 5.41) is 0. The molecule has 2 heterocycles. The monoisotopic (exact) mass is 421 g/mol. The van der Waals surface area contributed by atoms with Gasteiger partial charge in [0.15, 0.2) is 0 Å². The van der Waals surface area contributed by atoms with E-state index in [1.54, 1.807) is 24.1 Å². The molecule has 0 bridgehead atoms. The summed E-state index contributed by atoms with van der Waals surface area (Å²) in [6, 6.07) is 9.25. The van der Waals surface area contributed by atoms with E-state index in [-0.39, 0.29) is 29.5 Å². The normalized spacial score (nSPS) is 14.6. The number of carbonyl (C=O) groups is 2. The Kier molecular flexibility index (Phi) is 6.28. The second kappa shape index (κ2) is 8.73. The van der Waals surface area contributed by atoms with Crippen molar-refractivity contribution in [3.8, 4) is 5.75 Å². The van der Waals surface area contributed by atoms with Crippen molar-refractivity contribution < 1.29 is 27.5 Å². The van der Waals surface area contributed by atoms with Crippen molar-refractivity contribution in [1.82, 2.24) is 14.8 Å². The summed E-state index contributed by atoms with van der Waals surface area (Å²) in [7, 11) is 1.56. The van der Waals surface area contributed by atoms with Gasteiger partial charge in [0.25, 0.3) is 5.91 Å². The van der Waals surface area contributed by atoms with Crippen molar-refractivity contribution in [2.45, 2.75) is 19.5 Å².